The van der Waals surface area contributed by atoms with Crippen LogP contribution in [0.5, 0.6) is 0 Å². The summed E-state index contributed by atoms with van der Waals surface area (Å²) in [7, 11) is 0. The maximum Gasteiger partial charge on any atom is 0.347 e. The van der Waals surface area contributed by atoms with Gasteiger partial charge in [-0.25, -0.2) is 14.8 Å². The number of halogens is 1. The van der Waals surface area contributed by atoms with Crippen LogP contribution >= 0.6 is 22.9 Å². The number of carboxylic acid groups (broad SMARTS) is 1. The van der Waals surface area contributed by atoms with Crippen molar-refractivity contribution in [1.82, 2.24) is 9.97 Å². The predicted octanol–water partition coefficient (Wildman–Crippen LogP) is 3.20. The van der Waals surface area contributed by atoms with Crippen molar-refractivity contribution in [2.45, 2.75) is 13.3 Å². The first-order chi connectivity index (χ1) is 8.60. The Hall–Kier alpha value is -1.66. The van der Waals surface area contributed by atoms with Gasteiger partial charge in [0.15, 0.2) is 5.13 Å². The molecule has 0 aliphatic rings. The average molecular weight is 284 g/mol. The number of carbonyl (C=O) groups is 1. The van der Waals surface area contributed by atoms with Crippen molar-refractivity contribution in [3.05, 3.63) is 33.9 Å². The number of aromatic nitrogens is 2. The van der Waals surface area contributed by atoms with Gasteiger partial charge in [-0.2, -0.15) is 0 Å². The molecule has 0 saturated heterocycles. The Morgan fingerprint density at radius 2 is 2.39 bits per heavy atom. The van der Waals surface area contributed by atoms with Gasteiger partial charge in [0, 0.05) is 11.2 Å². The summed E-state index contributed by atoms with van der Waals surface area (Å²) in [5, 5.41) is 13.0. The van der Waals surface area contributed by atoms with Gasteiger partial charge in [-0.05, 0) is 18.6 Å². The number of pyridine rings is 1. The van der Waals surface area contributed by atoms with E-state index in [2.05, 4.69) is 15.3 Å². The molecular formula is C11H10ClN3O2S. The maximum absolute atomic E-state index is 11.0. The fourth-order valence-electron chi connectivity index (χ4n) is 1.39. The third-order valence-corrected chi connectivity index (χ3v) is 3.42. The summed E-state index contributed by atoms with van der Waals surface area (Å²) >= 11 is 6.92. The molecule has 2 heterocycles. The fourth-order valence-corrected chi connectivity index (χ4v) is 2.45. The standard InChI is InChI=1S/C11H10ClN3O2S/c1-2-7-9(10(16)17)18-11(14-7)15-8-5-6(12)3-4-13-8/h3-5H,2H2,1H3,(H,16,17)(H,13,14,15). The molecule has 0 aromatic carbocycles. The van der Waals surface area contributed by atoms with Crippen LogP contribution in [0.25, 0.3) is 0 Å². The van der Waals surface area contributed by atoms with Crippen LogP contribution in [0.3, 0.4) is 0 Å². The van der Waals surface area contributed by atoms with E-state index in [1.54, 1.807) is 18.3 Å². The molecule has 18 heavy (non-hydrogen) atoms. The van der Waals surface area contributed by atoms with E-state index in [4.69, 9.17) is 16.7 Å². The number of hydrogen-bond acceptors (Lipinski definition) is 5. The Morgan fingerprint density at radius 3 is 2.94 bits per heavy atom. The maximum atomic E-state index is 11.0. The number of hydrogen-bond donors (Lipinski definition) is 2. The van der Waals surface area contributed by atoms with Crippen LogP contribution in [-0.2, 0) is 6.42 Å². The second kappa shape index (κ2) is 5.32. The Bertz CT molecular complexity index is 585. The van der Waals surface area contributed by atoms with Crippen molar-refractivity contribution in [2.75, 3.05) is 5.32 Å². The van der Waals surface area contributed by atoms with E-state index in [9.17, 15) is 4.79 Å². The molecule has 0 aliphatic carbocycles. The molecule has 0 saturated carbocycles. The van der Waals surface area contributed by atoms with Crippen molar-refractivity contribution in [1.29, 1.82) is 0 Å². The van der Waals surface area contributed by atoms with Crippen LogP contribution in [0.4, 0.5) is 10.9 Å². The number of thiazole rings is 1. The number of nitrogens with one attached hydrogen (secondary N) is 1. The summed E-state index contributed by atoms with van der Waals surface area (Å²) in [4.78, 5) is 19.5. The summed E-state index contributed by atoms with van der Waals surface area (Å²) in [6.45, 7) is 1.86. The highest BCUT2D eigenvalue weighted by molar-refractivity contribution is 7.17. The minimum Gasteiger partial charge on any atom is -0.477 e. The first kappa shape index (κ1) is 12.8. The van der Waals surface area contributed by atoms with Gasteiger partial charge in [0.25, 0.3) is 0 Å². The van der Waals surface area contributed by atoms with Crippen molar-refractivity contribution >= 4 is 39.9 Å². The summed E-state index contributed by atoms with van der Waals surface area (Å²) in [5.41, 5.74) is 0.567. The first-order valence-electron chi connectivity index (χ1n) is 5.21. The molecule has 0 aliphatic heterocycles. The molecule has 2 N–H and O–H groups in total. The van der Waals surface area contributed by atoms with Gasteiger partial charge < -0.3 is 10.4 Å². The van der Waals surface area contributed by atoms with Gasteiger partial charge in [0.2, 0.25) is 0 Å². The molecule has 0 fully saturated rings. The molecule has 2 rings (SSSR count). The quantitative estimate of drug-likeness (QED) is 0.901. The second-order valence-electron chi connectivity index (χ2n) is 3.44. The van der Waals surface area contributed by atoms with Gasteiger partial charge in [-0.3, -0.25) is 0 Å². The Morgan fingerprint density at radius 1 is 1.61 bits per heavy atom. The third-order valence-electron chi connectivity index (χ3n) is 2.18. The van der Waals surface area contributed by atoms with Crippen LogP contribution in [0.1, 0.15) is 22.3 Å². The molecular weight excluding hydrogens is 274 g/mol. The molecule has 2 aromatic heterocycles. The highest BCUT2D eigenvalue weighted by atomic mass is 35.5. The second-order valence-corrected chi connectivity index (χ2v) is 4.87. The van der Waals surface area contributed by atoms with Gasteiger partial charge >= 0.3 is 5.97 Å². The number of aromatic carboxylic acids is 1. The van der Waals surface area contributed by atoms with E-state index in [1.165, 1.54) is 0 Å². The van der Waals surface area contributed by atoms with Gasteiger partial charge in [0.05, 0.1) is 5.69 Å². The van der Waals surface area contributed by atoms with E-state index in [1.807, 2.05) is 6.92 Å². The highest BCUT2D eigenvalue weighted by Crippen LogP contribution is 2.26. The normalized spacial score (nSPS) is 10.3. The van der Waals surface area contributed by atoms with Crippen LogP contribution in [-0.4, -0.2) is 21.0 Å². The zero-order valence-electron chi connectivity index (χ0n) is 9.48. The van der Waals surface area contributed by atoms with Crippen LogP contribution in [0, 0.1) is 0 Å². The van der Waals surface area contributed by atoms with Crippen molar-refractivity contribution < 1.29 is 9.90 Å². The number of carboxylic acids is 1. The number of nitrogens with zero attached hydrogens (tertiary/aromatic N) is 2. The molecule has 94 valence electrons. The molecule has 2 aromatic rings. The van der Waals surface area contributed by atoms with E-state index >= 15 is 0 Å². The van der Waals surface area contributed by atoms with Gasteiger partial charge in [-0.1, -0.05) is 29.9 Å². The largest absolute Gasteiger partial charge is 0.477 e. The Labute approximate surface area is 112 Å². The molecule has 0 bridgehead atoms. The van der Waals surface area contributed by atoms with Gasteiger partial charge in [-0.15, -0.1) is 0 Å². The zero-order chi connectivity index (χ0) is 13.1. The van der Waals surface area contributed by atoms with E-state index < -0.39 is 5.97 Å². The predicted molar refractivity (Wildman–Crippen MR) is 71.0 cm³/mol. The average Bonchev–Trinajstić information content (AvgIpc) is 2.72. The number of anilines is 2. The van der Waals surface area contributed by atoms with E-state index in [-0.39, 0.29) is 4.88 Å². The molecule has 0 unspecified atom stereocenters. The van der Waals surface area contributed by atoms with Crippen molar-refractivity contribution in [3.8, 4) is 0 Å². The third kappa shape index (κ3) is 2.77. The minimum atomic E-state index is -0.962. The lowest BCUT2D eigenvalue weighted by Crippen LogP contribution is -1.97. The lowest BCUT2D eigenvalue weighted by molar-refractivity contribution is 0.0701. The summed E-state index contributed by atoms with van der Waals surface area (Å²) in [5.74, 6) is -0.424. The Balaban J connectivity index is 2.27. The summed E-state index contributed by atoms with van der Waals surface area (Å²) in [6.07, 6.45) is 2.14. The number of aryl methyl sites for hydroxylation is 1. The van der Waals surface area contributed by atoms with E-state index in [0.29, 0.717) is 28.1 Å². The zero-order valence-corrected chi connectivity index (χ0v) is 11.0. The van der Waals surface area contributed by atoms with Crippen LogP contribution in [0.2, 0.25) is 5.02 Å². The fraction of sp³-hybridized carbons (Fsp3) is 0.182. The lowest BCUT2D eigenvalue weighted by atomic mass is 10.3. The smallest absolute Gasteiger partial charge is 0.347 e. The lowest BCUT2D eigenvalue weighted by Gasteiger charge is -2.00. The monoisotopic (exact) mass is 283 g/mol. The molecule has 0 atom stereocenters. The SMILES string of the molecule is CCc1nc(Nc2cc(Cl)ccn2)sc1C(=O)O. The van der Waals surface area contributed by atoms with Crippen LogP contribution in [0.15, 0.2) is 18.3 Å². The van der Waals surface area contributed by atoms with Gasteiger partial charge in [0.1, 0.15) is 10.7 Å². The molecule has 0 radical (unpaired) electrons. The molecule has 7 heteroatoms. The highest BCUT2D eigenvalue weighted by Gasteiger charge is 2.16. The van der Waals surface area contributed by atoms with Crippen molar-refractivity contribution in [3.63, 3.8) is 0 Å². The van der Waals surface area contributed by atoms with Crippen LogP contribution < -0.4 is 5.32 Å². The topological polar surface area (TPSA) is 75.1 Å². The van der Waals surface area contributed by atoms with E-state index in [0.717, 1.165) is 11.3 Å². The summed E-state index contributed by atoms with van der Waals surface area (Å²) < 4.78 is 0. The minimum absolute atomic E-state index is 0.252. The molecule has 0 amide bonds. The molecule has 0 spiro atoms. The summed E-state index contributed by atoms with van der Waals surface area (Å²) in [6, 6.07) is 3.31. The first-order valence-corrected chi connectivity index (χ1v) is 6.41. The molecule has 5 nitrogen and oxygen atoms in total. The number of rotatable bonds is 4. The van der Waals surface area contributed by atoms with Crippen molar-refractivity contribution in [2.24, 2.45) is 0 Å². The Kier molecular flexibility index (Phi) is 3.78.